The number of hydrogen-bond donors (Lipinski definition) is 0. The van der Waals surface area contributed by atoms with Gasteiger partial charge in [0, 0.05) is 28.5 Å². The van der Waals surface area contributed by atoms with Crippen LogP contribution in [0.5, 0.6) is 0 Å². The van der Waals surface area contributed by atoms with Crippen molar-refractivity contribution < 1.29 is 4.79 Å². The standard InChI is InChI=1S/C18H17Br2NO/c1-21(11-12-2-6-14(19)7-3-12)18(22)17-10-16(17)13-4-8-15(20)9-5-13/h2-9,16-17H,10-11H2,1H3. The van der Waals surface area contributed by atoms with Crippen molar-refractivity contribution in [1.29, 1.82) is 0 Å². The molecule has 0 aromatic heterocycles. The van der Waals surface area contributed by atoms with Gasteiger partial charge >= 0.3 is 0 Å². The highest BCUT2D eigenvalue weighted by atomic mass is 79.9. The van der Waals surface area contributed by atoms with Crippen LogP contribution >= 0.6 is 31.9 Å². The summed E-state index contributed by atoms with van der Waals surface area (Å²) in [5.74, 6) is 0.769. The predicted octanol–water partition coefficient (Wildman–Crippen LogP) is 4.97. The van der Waals surface area contributed by atoms with Crippen molar-refractivity contribution in [2.45, 2.75) is 18.9 Å². The van der Waals surface area contributed by atoms with Gasteiger partial charge in [0.2, 0.25) is 5.91 Å². The molecule has 0 radical (unpaired) electrons. The van der Waals surface area contributed by atoms with E-state index < -0.39 is 0 Å². The lowest BCUT2D eigenvalue weighted by molar-refractivity contribution is -0.131. The lowest BCUT2D eigenvalue weighted by Gasteiger charge is -2.17. The largest absolute Gasteiger partial charge is 0.341 e. The van der Waals surface area contributed by atoms with Gasteiger partial charge in [0.15, 0.2) is 0 Å². The minimum Gasteiger partial charge on any atom is -0.341 e. The van der Waals surface area contributed by atoms with Crippen LogP contribution in [-0.4, -0.2) is 17.9 Å². The Bertz CT molecular complexity index is 662. The molecule has 4 heteroatoms. The van der Waals surface area contributed by atoms with Crippen LogP contribution in [0.2, 0.25) is 0 Å². The van der Waals surface area contributed by atoms with E-state index in [-0.39, 0.29) is 11.8 Å². The topological polar surface area (TPSA) is 20.3 Å². The summed E-state index contributed by atoms with van der Waals surface area (Å²) in [5.41, 5.74) is 2.42. The van der Waals surface area contributed by atoms with Crippen LogP contribution in [0, 0.1) is 5.92 Å². The van der Waals surface area contributed by atoms with Gasteiger partial charge in [-0.25, -0.2) is 0 Å². The molecule has 2 unspecified atom stereocenters. The highest BCUT2D eigenvalue weighted by Gasteiger charge is 2.45. The molecule has 0 aliphatic heterocycles. The molecule has 0 spiro atoms. The van der Waals surface area contributed by atoms with E-state index in [1.807, 2.05) is 48.3 Å². The van der Waals surface area contributed by atoms with Gasteiger partial charge in [-0.15, -0.1) is 0 Å². The van der Waals surface area contributed by atoms with Crippen LogP contribution < -0.4 is 0 Å². The quantitative estimate of drug-likeness (QED) is 0.680. The Morgan fingerprint density at radius 2 is 1.59 bits per heavy atom. The molecule has 22 heavy (non-hydrogen) atoms. The maximum absolute atomic E-state index is 12.5. The zero-order valence-corrected chi connectivity index (χ0v) is 15.5. The third-order valence-corrected chi connectivity index (χ3v) is 5.17. The fourth-order valence-electron chi connectivity index (χ4n) is 2.77. The monoisotopic (exact) mass is 421 g/mol. The molecular formula is C18H17Br2NO. The summed E-state index contributed by atoms with van der Waals surface area (Å²) >= 11 is 6.87. The lowest BCUT2D eigenvalue weighted by atomic mass is 10.1. The van der Waals surface area contributed by atoms with Crippen LogP contribution in [0.3, 0.4) is 0 Å². The summed E-state index contributed by atoms with van der Waals surface area (Å²) in [4.78, 5) is 14.4. The Hall–Kier alpha value is -1.13. The number of rotatable bonds is 4. The average Bonchev–Trinajstić information content (AvgIpc) is 3.30. The van der Waals surface area contributed by atoms with Crippen LogP contribution in [0.15, 0.2) is 57.5 Å². The highest BCUT2D eigenvalue weighted by molar-refractivity contribution is 9.10. The number of carbonyl (C=O) groups is 1. The van der Waals surface area contributed by atoms with Gasteiger partial charge < -0.3 is 4.90 Å². The SMILES string of the molecule is CN(Cc1ccc(Br)cc1)C(=O)C1CC1c1ccc(Br)cc1. The van der Waals surface area contributed by atoms with Gasteiger partial charge in [0.1, 0.15) is 0 Å². The molecule has 1 amide bonds. The summed E-state index contributed by atoms with van der Waals surface area (Å²) in [6.45, 7) is 0.662. The maximum Gasteiger partial charge on any atom is 0.226 e. The summed E-state index contributed by atoms with van der Waals surface area (Å²) in [7, 11) is 1.89. The third-order valence-electron chi connectivity index (χ3n) is 4.12. The summed E-state index contributed by atoms with van der Waals surface area (Å²) in [5, 5.41) is 0. The molecule has 1 fully saturated rings. The van der Waals surface area contributed by atoms with Crippen LogP contribution in [0.1, 0.15) is 23.5 Å². The summed E-state index contributed by atoms with van der Waals surface area (Å²) in [6, 6.07) is 16.4. The first-order chi connectivity index (χ1) is 10.5. The van der Waals surface area contributed by atoms with E-state index in [2.05, 4.69) is 44.0 Å². The average molecular weight is 423 g/mol. The van der Waals surface area contributed by atoms with Crippen molar-refractivity contribution >= 4 is 37.8 Å². The molecular weight excluding hydrogens is 406 g/mol. The number of carbonyl (C=O) groups excluding carboxylic acids is 1. The van der Waals surface area contributed by atoms with Crippen LogP contribution in [-0.2, 0) is 11.3 Å². The highest BCUT2D eigenvalue weighted by Crippen LogP contribution is 2.48. The Labute approximate surface area is 147 Å². The first kappa shape index (κ1) is 15.8. The first-order valence-electron chi connectivity index (χ1n) is 7.29. The van der Waals surface area contributed by atoms with Crippen molar-refractivity contribution in [3.05, 3.63) is 68.6 Å². The second-order valence-corrected chi connectivity index (χ2v) is 7.65. The van der Waals surface area contributed by atoms with E-state index in [4.69, 9.17) is 0 Å². The van der Waals surface area contributed by atoms with Gasteiger partial charge in [0.05, 0.1) is 0 Å². The Balaban J connectivity index is 1.60. The Kier molecular flexibility index (Phi) is 4.69. The zero-order valence-electron chi connectivity index (χ0n) is 12.3. The zero-order chi connectivity index (χ0) is 15.7. The van der Waals surface area contributed by atoms with E-state index in [9.17, 15) is 4.79 Å². The fourth-order valence-corrected chi connectivity index (χ4v) is 3.30. The van der Waals surface area contributed by atoms with Crippen molar-refractivity contribution in [2.24, 2.45) is 5.92 Å². The molecule has 2 aromatic rings. The minimum absolute atomic E-state index is 0.140. The molecule has 2 aromatic carbocycles. The molecule has 114 valence electrons. The van der Waals surface area contributed by atoms with Crippen molar-refractivity contribution in [3.8, 4) is 0 Å². The molecule has 0 saturated heterocycles. The van der Waals surface area contributed by atoms with E-state index in [0.29, 0.717) is 12.5 Å². The maximum atomic E-state index is 12.5. The second kappa shape index (κ2) is 6.55. The van der Waals surface area contributed by atoms with Gasteiger partial charge in [0.25, 0.3) is 0 Å². The number of benzene rings is 2. The molecule has 1 aliphatic rings. The molecule has 3 rings (SSSR count). The van der Waals surface area contributed by atoms with E-state index in [1.54, 1.807) is 0 Å². The number of hydrogen-bond acceptors (Lipinski definition) is 1. The smallest absolute Gasteiger partial charge is 0.226 e. The van der Waals surface area contributed by atoms with Crippen molar-refractivity contribution in [2.75, 3.05) is 7.05 Å². The van der Waals surface area contributed by atoms with E-state index in [1.165, 1.54) is 5.56 Å². The Morgan fingerprint density at radius 3 is 2.18 bits per heavy atom. The molecule has 0 heterocycles. The van der Waals surface area contributed by atoms with Gasteiger partial charge in [-0.05, 0) is 47.7 Å². The van der Waals surface area contributed by atoms with E-state index >= 15 is 0 Å². The van der Waals surface area contributed by atoms with Crippen molar-refractivity contribution in [1.82, 2.24) is 4.90 Å². The third kappa shape index (κ3) is 3.61. The molecule has 2 atom stereocenters. The molecule has 2 nitrogen and oxygen atoms in total. The fraction of sp³-hybridized carbons (Fsp3) is 0.278. The van der Waals surface area contributed by atoms with Crippen LogP contribution in [0.25, 0.3) is 0 Å². The number of amides is 1. The van der Waals surface area contributed by atoms with Gasteiger partial charge in [-0.2, -0.15) is 0 Å². The summed E-state index contributed by atoms with van der Waals surface area (Å²) < 4.78 is 2.13. The molecule has 0 N–H and O–H groups in total. The van der Waals surface area contributed by atoms with Crippen LogP contribution in [0.4, 0.5) is 0 Å². The molecule has 1 aliphatic carbocycles. The predicted molar refractivity (Wildman–Crippen MR) is 95.6 cm³/mol. The summed E-state index contributed by atoms with van der Waals surface area (Å²) in [6.07, 6.45) is 0.963. The van der Waals surface area contributed by atoms with Gasteiger partial charge in [-0.1, -0.05) is 56.1 Å². The Morgan fingerprint density at radius 1 is 1.05 bits per heavy atom. The van der Waals surface area contributed by atoms with Crippen molar-refractivity contribution in [3.63, 3.8) is 0 Å². The number of halogens is 2. The van der Waals surface area contributed by atoms with Gasteiger partial charge in [-0.3, -0.25) is 4.79 Å². The second-order valence-electron chi connectivity index (χ2n) is 5.82. The first-order valence-corrected chi connectivity index (χ1v) is 8.88. The van der Waals surface area contributed by atoms with E-state index in [0.717, 1.165) is 20.9 Å². The molecule has 0 bridgehead atoms. The number of nitrogens with zero attached hydrogens (tertiary/aromatic N) is 1. The normalized spacial score (nSPS) is 19.8. The minimum atomic E-state index is 0.140. The molecule has 1 saturated carbocycles. The lowest BCUT2D eigenvalue weighted by Crippen LogP contribution is -2.28.